The zero-order chi connectivity index (χ0) is 27.9. The van der Waals surface area contributed by atoms with Crippen molar-refractivity contribution in [1.82, 2.24) is 29.5 Å². The van der Waals surface area contributed by atoms with E-state index in [1.807, 2.05) is 0 Å². The van der Waals surface area contributed by atoms with E-state index in [4.69, 9.17) is 0 Å². The molecule has 0 spiro atoms. The molecule has 15 heteroatoms. The van der Waals surface area contributed by atoms with Crippen molar-refractivity contribution in [2.24, 2.45) is 7.05 Å². The molecular weight excluding hydrogens is 547 g/mol. The first kappa shape index (κ1) is 26.2. The first-order valence-electron chi connectivity index (χ1n) is 11.1. The molecule has 3 heterocycles. The van der Waals surface area contributed by atoms with E-state index in [-0.39, 0.29) is 39.0 Å². The summed E-state index contributed by atoms with van der Waals surface area (Å²) in [5, 5.41) is 8.36. The van der Waals surface area contributed by atoms with E-state index in [1.54, 1.807) is 37.4 Å². The summed E-state index contributed by atoms with van der Waals surface area (Å²) in [5.41, 5.74) is -4.00. The number of alkyl halides is 5. The highest BCUT2D eigenvalue weighted by molar-refractivity contribution is 7.88. The van der Waals surface area contributed by atoms with Gasteiger partial charge < -0.3 is 4.18 Å². The van der Waals surface area contributed by atoms with Gasteiger partial charge in [-0.3, -0.25) is 9.36 Å². The monoisotopic (exact) mass is 564 g/mol. The molecule has 3 aromatic heterocycles. The maximum absolute atomic E-state index is 13.2. The minimum Gasteiger partial charge on any atom is -0.375 e. The summed E-state index contributed by atoms with van der Waals surface area (Å²) in [5.74, 6) is -0.648. The third-order valence-corrected chi connectivity index (χ3v) is 6.59. The van der Waals surface area contributed by atoms with E-state index in [2.05, 4.69) is 24.3 Å². The molecule has 0 bridgehead atoms. The van der Waals surface area contributed by atoms with E-state index in [0.717, 1.165) is 10.7 Å². The molecule has 2 aromatic carbocycles. The van der Waals surface area contributed by atoms with Gasteiger partial charge in [-0.05, 0) is 12.1 Å². The third kappa shape index (κ3) is 5.16. The van der Waals surface area contributed by atoms with E-state index < -0.39 is 34.3 Å². The first-order chi connectivity index (χ1) is 18.4. The fourth-order valence-corrected chi connectivity index (χ4v) is 4.43. The molecule has 39 heavy (non-hydrogen) atoms. The lowest BCUT2D eigenvalue weighted by molar-refractivity contribution is -0.0499. The molecule has 0 aliphatic carbocycles. The van der Waals surface area contributed by atoms with Gasteiger partial charge in [-0.15, -0.1) is 0 Å². The van der Waals surface area contributed by atoms with Crippen molar-refractivity contribution >= 4 is 21.0 Å². The largest absolute Gasteiger partial charge is 0.534 e. The number of hydrogen-bond acceptors (Lipinski definition) is 7. The van der Waals surface area contributed by atoms with Crippen molar-refractivity contribution in [3.05, 3.63) is 67.4 Å². The molecule has 5 rings (SSSR count). The SMILES string of the molecule is Cn1cc(-c2cc3ncnc(-c4cn(CC(F)F)nc4-c4ccccc4)c3cc2OS(=O)(=O)C(F)(F)F)cn1. The highest BCUT2D eigenvalue weighted by Crippen LogP contribution is 2.40. The van der Waals surface area contributed by atoms with Crippen LogP contribution < -0.4 is 4.18 Å². The Balaban J connectivity index is 1.76. The topological polar surface area (TPSA) is 105 Å². The Morgan fingerprint density at radius 3 is 2.36 bits per heavy atom. The van der Waals surface area contributed by atoms with Crippen LogP contribution in [-0.2, 0) is 23.7 Å². The lowest BCUT2D eigenvalue weighted by Crippen LogP contribution is -2.28. The third-order valence-electron chi connectivity index (χ3n) is 5.62. The van der Waals surface area contributed by atoms with E-state index >= 15 is 0 Å². The van der Waals surface area contributed by atoms with Crippen LogP contribution in [0.3, 0.4) is 0 Å². The maximum atomic E-state index is 13.2. The van der Waals surface area contributed by atoms with Gasteiger partial charge in [0.1, 0.15) is 18.6 Å². The number of fused-ring (bicyclic) bond motifs is 1. The maximum Gasteiger partial charge on any atom is 0.534 e. The Kier molecular flexibility index (Phi) is 6.54. The number of hydrogen-bond donors (Lipinski definition) is 0. The molecule has 202 valence electrons. The molecule has 0 amide bonds. The molecule has 0 saturated carbocycles. The van der Waals surface area contributed by atoms with Crippen molar-refractivity contribution < 1.29 is 34.6 Å². The summed E-state index contributed by atoms with van der Waals surface area (Å²) in [4.78, 5) is 8.44. The Bertz CT molecular complexity index is 1770. The number of aromatic nitrogens is 6. The zero-order valence-electron chi connectivity index (χ0n) is 19.8. The van der Waals surface area contributed by atoms with Crippen LogP contribution in [0.2, 0.25) is 0 Å². The van der Waals surface area contributed by atoms with Crippen molar-refractivity contribution in [2.45, 2.75) is 18.5 Å². The molecule has 0 radical (unpaired) electrons. The van der Waals surface area contributed by atoms with Crippen molar-refractivity contribution in [1.29, 1.82) is 0 Å². The van der Waals surface area contributed by atoms with Crippen molar-refractivity contribution in [3.8, 4) is 39.4 Å². The molecule has 0 unspecified atom stereocenters. The standard InChI is InChI=1S/C24H17F5N6O3S/c1-34-10-15(9-32-34)16-7-19-17(8-20(16)38-39(36,37)24(27,28)29)23(31-13-30-19)18-11-35(12-21(25)26)33-22(18)14-5-3-2-4-6-14/h2-11,13,21H,12H2,1H3. The van der Waals surface area contributed by atoms with Gasteiger partial charge in [-0.2, -0.15) is 31.8 Å². The smallest absolute Gasteiger partial charge is 0.375 e. The lowest BCUT2D eigenvalue weighted by atomic mass is 10.00. The van der Waals surface area contributed by atoms with E-state index in [1.165, 1.54) is 35.7 Å². The molecule has 0 N–H and O–H groups in total. The molecule has 0 atom stereocenters. The van der Waals surface area contributed by atoms with Crippen LogP contribution >= 0.6 is 0 Å². The normalized spacial score (nSPS) is 12.4. The van der Waals surface area contributed by atoms with Gasteiger partial charge in [-0.1, -0.05) is 30.3 Å². The average Bonchev–Trinajstić information content (AvgIpc) is 3.48. The average molecular weight is 564 g/mol. The minimum atomic E-state index is -6.05. The van der Waals surface area contributed by atoms with Crippen molar-refractivity contribution in [3.63, 3.8) is 0 Å². The molecule has 5 aromatic rings. The number of halogens is 5. The van der Waals surface area contributed by atoms with Crippen LogP contribution in [0.15, 0.2) is 67.4 Å². The number of rotatable bonds is 7. The van der Waals surface area contributed by atoms with Crippen LogP contribution in [0.25, 0.3) is 44.5 Å². The molecule has 0 aliphatic heterocycles. The number of nitrogens with zero attached hydrogens (tertiary/aromatic N) is 6. The fraction of sp³-hybridized carbons (Fsp3) is 0.167. The quantitative estimate of drug-likeness (QED) is 0.155. The minimum absolute atomic E-state index is 0.0234. The summed E-state index contributed by atoms with van der Waals surface area (Å²) in [6.07, 6.45) is 2.59. The van der Waals surface area contributed by atoms with Crippen LogP contribution in [0, 0.1) is 0 Å². The van der Waals surface area contributed by atoms with Gasteiger partial charge in [0.05, 0.1) is 17.4 Å². The molecular formula is C24H17F5N6O3S. The Labute approximate surface area is 217 Å². The summed E-state index contributed by atoms with van der Waals surface area (Å²) in [6.45, 7) is -0.716. The van der Waals surface area contributed by atoms with Gasteiger partial charge in [0.15, 0.2) is 5.75 Å². The highest BCUT2D eigenvalue weighted by Gasteiger charge is 2.49. The highest BCUT2D eigenvalue weighted by atomic mass is 32.2. The fourth-order valence-electron chi connectivity index (χ4n) is 3.96. The summed E-state index contributed by atoms with van der Waals surface area (Å²) in [7, 11) is -4.48. The first-order valence-corrected chi connectivity index (χ1v) is 12.5. The predicted molar refractivity (Wildman–Crippen MR) is 130 cm³/mol. The van der Waals surface area contributed by atoms with E-state index in [0.29, 0.717) is 5.56 Å². The molecule has 9 nitrogen and oxygen atoms in total. The van der Waals surface area contributed by atoms with Crippen molar-refractivity contribution in [2.75, 3.05) is 0 Å². The van der Waals surface area contributed by atoms with Crippen LogP contribution in [-0.4, -0.2) is 49.9 Å². The van der Waals surface area contributed by atoms with Gasteiger partial charge in [0.25, 0.3) is 6.43 Å². The predicted octanol–water partition coefficient (Wildman–Crippen LogP) is 5.05. The van der Waals surface area contributed by atoms with Gasteiger partial charge in [0, 0.05) is 47.1 Å². The van der Waals surface area contributed by atoms with Gasteiger partial charge >= 0.3 is 15.6 Å². The Morgan fingerprint density at radius 1 is 0.974 bits per heavy atom. The number of benzene rings is 2. The van der Waals surface area contributed by atoms with Crippen LogP contribution in [0.4, 0.5) is 22.0 Å². The summed E-state index contributed by atoms with van der Waals surface area (Å²) >= 11 is 0. The van der Waals surface area contributed by atoms with Crippen LogP contribution in [0.5, 0.6) is 5.75 Å². The molecule has 0 aliphatic rings. The summed E-state index contributed by atoms with van der Waals surface area (Å²) < 4.78 is 97.0. The van der Waals surface area contributed by atoms with Crippen LogP contribution in [0.1, 0.15) is 0 Å². The summed E-state index contributed by atoms with van der Waals surface area (Å²) in [6, 6.07) is 11.0. The van der Waals surface area contributed by atoms with E-state index in [9.17, 15) is 30.4 Å². The molecule has 0 saturated heterocycles. The van der Waals surface area contributed by atoms with Gasteiger partial charge in [-0.25, -0.2) is 18.7 Å². The Morgan fingerprint density at radius 2 is 1.72 bits per heavy atom. The molecule has 0 fully saturated rings. The lowest BCUT2D eigenvalue weighted by Gasteiger charge is -2.14. The number of aryl methyl sites for hydroxylation is 1. The zero-order valence-corrected chi connectivity index (χ0v) is 20.7. The Hall–Kier alpha value is -4.40. The second-order valence-corrected chi connectivity index (χ2v) is 9.88. The second-order valence-electron chi connectivity index (χ2n) is 8.34. The van der Waals surface area contributed by atoms with Gasteiger partial charge in [0.2, 0.25) is 0 Å². The second kappa shape index (κ2) is 9.72.